The van der Waals surface area contributed by atoms with Gasteiger partial charge in [0.15, 0.2) is 0 Å². The van der Waals surface area contributed by atoms with Gasteiger partial charge in [0, 0.05) is 10.2 Å². The third-order valence-electron chi connectivity index (χ3n) is 2.94. The van der Waals surface area contributed by atoms with Gasteiger partial charge in [0.05, 0.1) is 5.56 Å². The molecule has 4 heteroatoms. The van der Waals surface area contributed by atoms with Gasteiger partial charge < -0.3 is 5.32 Å². The lowest BCUT2D eigenvalue weighted by Crippen LogP contribution is -2.13. The zero-order valence-electron chi connectivity index (χ0n) is 10.6. The maximum atomic E-state index is 13.2. The van der Waals surface area contributed by atoms with Crippen LogP contribution in [0.5, 0.6) is 0 Å². The van der Waals surface area contributed by atoms with Crippen LogP contribution in [0.2, 0.25) is 0 Å². The summed E-state index contributed by atoms with van der Waals surface area (Å²) >= 11 is 3.24. The van der Waals surface area contributed by atoms with Crippen LogP contribution in [0, 0.1) is 19.7 Å². The highest BCUT2D eigenvalue weighted by Gasteiger charge is 2.11. The summed E-state index contributed by atoms with van der Waals surface area (Å²) in [5.41, 5.74) is 3.23. The highest BCUT2D eigenvalue weighted by Crippen LogP contribution is 2.20. The predicted octanol–water partition coefficient (Wildman–Crippen LogP) is 4.46. The van der Waals surface area contributed by atoms with Crippen LogP contribution < -0.4 is 5.32 Å². The number of rotatable bonds is 2. The standard InChI is InChI=1S/C15H13BrFNO/c1-9-3-5-12(7-10(9)2)18-15(19)13-8-11(17)4-6-14(13)16/h3-8H,1-2H3,(H,18,19). The molecule has 0 saturated carbocycles. The lowest BCUT2D eigenvalue weighted by atomic mass is 10.1. The van der Waals surface area contributed by atoms with Gasteiger partial charge in [-0.2, -0.15) is 0 Å². The van der Waals surface area contributed by atoms with Gasteiger partial charge in [-0.3, -0.25) is 4.79 Å². The van der Waals surface area contributed by atoms with Crippen LogP contribution in [0.4, 0.5) is 10.1 Å². The van der Waals surface area contributed by atoms with Crippen LogP contribution in [-0.4, -0.2) is 5.91 Å². The topological polar surface area (TPSA) is 29.1 Å². The fourth-order valence-corrected chi connectivity index (χ4v) is 2.12. The van der Waals surface area contributed by atoms with E-state index in [-0.39, 0.29) is 11.5 Å². The second-order valence-electron chi connectivity index (χ2n) is 4.38. The molecule has 0 bridgehead atoms. The van der Waals surface area contributed by atoms with E-state index in [4.69, 9.17) is 0 Å². The van der Waals surface area contributed by atoms with Crippen molar-refractivity contribution in [1.82, 2.24) is 0 Å². The van der Waals surface area contributed by atoms with Gasteiger partial charge >= 0.3 is 0 Å². The molecule has 0 radical (unpaired) electrons. The molecule has 2 nitrogen and oxygen atoms in total. The molecule has 0 aliphatic carbocycles. The Balaban J connectivity index is 2.25. The van der Waals surface area contributed by atoms with Crippen LogP contribution in [0.15, 0.2) is 40.9 Å². The van der Waals surface area contributed by atoms with Crippen molar-refractivity contribution in [2.45, 2.75) is 13.8 Å². The number of hydrogen-bond acceptors (Lipinski definition) is 1. The van der Waals surface area contributed by atoms with Crippen molar-refractivity contribution < 1.29 is 9.18 Å². The Bertz CT molecular complexity index is 640. The number of carbonyl (C=O) groups excluding carboxylic acids is 1. The van der Waals surface area contributed by atoms with E-state index in [1.54, 1.807) is 0 Å². The fourth-order valence-electron chi connectivity index (χ4n) is 1.69. The van der Waals surface area contributed by atoms with Gasteiger partial charge in [-0.25, -0.2) is 4.39 Å². The van der Waals surface area contributed by atoms with Crippen LogP contribution in [0.25, 0.3) is 0 Å². The molecule has 0 heterocycles. The minimum Gasteiger partial charge on any atom is -0.322 e. The molecule has 0 aliphatic heterocycles. The predicted molar refractivity (Wildman–Crippen MR) is 78.0 cm³/mol. The van der Waals surface area contributed by atoms with Gasteiger partial charge in [-0.15, -0.1) is 0 Å². The molecule has 2 aromatic carbocycles. The lowest BCUT2D eigenvalue weighted by Gasteiger charge is -2.09. The summed E-state index contributed by atoms with van der Waals surface area (Å²) in [6.45, 7) is 3.98. The third kappa shape index (κ3) is 3.20. The second kappa shape index (κ2) is 5.53. The SMILES string of the molecule is Cc1ccc(NC(=O)c2cc(F)ccc2Br)cc1C. The van der Waals surface area contributed by atoms with E-state index >= 15 is 0 Å². The van der Waals surface area contributed by atoms with E-state index in [9.17, 15) is 9.18 Å². The largest absolute Gasteiger partial charge is 0.322 e. The van der Waals surface area contributed by atoms with Crippen LogP contribution in [-0.2, 0) is 0 Å². The normalized spacial score (nSPS) is 10.3. The molecule has 1 amide bonds. The van der Waals surface area contributed by atoms with Gasteiger partial charge in [-0.05, 0) is 71.2 Å². The van der Waals surface area contributed by atoms with Crippen LogP contribution >= 0.6 is 15.9 Å². The Morgan fingerprint density at radius 3 is 2.53 bits per heavy atom. The number of aryl methyl sites for hydroxylation is 2. The van der Waals surface area contributed by atoms with Gasteiger partial charge in [0.2, 0.25) is 0 Å². The molecule has 0 saturated heterocycles. The molecule has 0 atom stereocenters. The fraction of sp³-hybridized carbons (Fsp3) is 0.133. The second-order valence-corrected chi connectivity index (χ2v) is 5.23. The van der Waals surface area contributed by atoms with Crippen molar-refractivity contribution in [3.05, 3.63) is 63.4 Å². The van der Waals surface area contributed by atoms with Gasteiger partial charge in [0.25, 0.3) is 5.91 Å². The summed E-state index contributed by atoms with van der Waals surface area (Å²) < 4.78 is 13.7. The van der Waals surface area contributed by atoms with E-state index in [1.807, 2.05) is 32.0 Å². The van der Waals surface area contributed by atoms with Crippen molar-refractivity contribution in [3.63, 3.8) is 0 Å². The maximum absolute atomic E-state index is 13.2. The molecule has 2 rings (SSSR count). The summed E-state index contributed by atoms with van der Waals surface area (Å²) in [5.74, 6) is -0.775. The van der Waals surface area contributed by atoms with E-state index in [0.29, 0.717) is 10.2 Å². The number of halogens is 2. The molecule has 1 N–H and O–H groups in total. The molecule has 2 aromatic rings. The van der Waals surface area contributed by atoms with E-state index in [0.717, 1.165) is 11.1 Å². The third-order valence-corrected chi connectivity index (χ3v) is 3.63. The monoisotopic (exact) mass is 321 g/mol. The highest BCUT2D eigenvalue weighted by atomic mass is 79.9. The zero-order valence-corrected chi connectivity index (χ0v) is 12.2. The summed E-state index contributed by atoms with van der Waals surface area (Å²) in [6.07, 6.45) is 0. The van der Waals surface area contributed by atoms with Crippen LogP contribution in [0.1, 0.15) is 21.5 Å². The van der Waals surface area contributed by atoms with Crippen molar-refractivity contribution >= 4 is 27.5 Å². The van der Waals surface area contributed by atoms with Crippen molar-refractivity contribution in [2.75, 3.05) is 5.32 Å². The molecule has 0 aromatic heterocycles. The number of hydrogen-bond donors (Lipinski definition) is 1. The number of benzene rings is 2. The van der Waals surface area contributed by atoms with Gasteiger partial charge in [-0.1, -0.05) is 6.07 Å². The molecule has 0 aliphatic rings. The molecular weight excluding hydrogens is 309 g/mol. The summed E-state index contributed by atoms with van der Waals surface area (Å²) in [6, 6.07) is 9.68. The van der Waals surface area contributed by atoms with Crippen molar-refractivity contribution in [3.8, 4) is 0 Å². The Labute approximate surface area is 119 Å². The van der Waals surface area contributed by atoms with E-state index < -0.39 is 5.82 Å². The van der Waals surface area contributed by atoms with Gasteiger partial charge in [0.1, 0.15) is 5.82 Å². The molecular formula is C15H13BrFNO. The first-order chi connectivity index (χ1) is 8.97. The number of nitrogens with one attached hydrogen (secondary N) is 1. The lowest BCUT2D eigenvalue weighted by molar-refractivity contribution is 0.102. The van der Waals surface area contributed by atoms with Crippen molar-refractivity contribution in [1.29, 1.82) is 0 Å². The average molecular weight is 322 g/mol. The van der Waals surface area contributed by atoms with E-state index in [2.05, 4.69) is 21.2 Å². The average Bonchev–Trinajstić information content (AvgIpc) is 2.36. The van der Waals surface area contributed by atoms with Crippen molar-refractivity contribution in [2.24, 2.45) is 0 Å². The van der Waals surface area contributed by atoms with Crippen LogP contribution in [0.3, 0.4) is 0 Å². The summed E-state index contributed by atoms with van der Waals surface area (Å²) in [7, 11) is 0. The molecule has 0 unspecified atom stereocenters. The quantitative estimate of drug-likeness (QED) is 0.869. The minimum absolute atomic E-state index is 0.276. The first-order valence-corrected chi connectivity index (χ1v) is 6.60. The number of anilines is 1. The first-order valence-electron chi connectivity index (χ1n) is 5.81. The summed E-state index contributed by atoms with van der Waals surface area (Å²) in [4.78, 5) is 12.1. The Hall–Kier alpha value is -1.68. The minimum atomic E-state index is -0.437. The number of carbonyl (C=O) groups is 1. The molecule has 0 fully saturated rings. The molecule has 0 spiro atoms. The maximum Gasteiger partial charge on any atom is 0.256 e. The Kier molecular flexibility index (Phi) is 4.00. The summed E-state index contributed by atoms with van der Waals surface area (Å²) in [5, 5.41) is 2.76. The Morgan fingerprint density at radius 2 is 1.84 bits per heavy atom. The number of amides is 1. The zero-order chi connectivity index (χ0) is 14.0. The van der Waals surface area contributed by atoms with E-state index in [1.165, 1.54) is 18.2 Å². The highest BCUT2D eigenvalue weighted by molar-refractivity contribution is 9.10. The molecule has 98 valence electrons. The smallest absolute Gasteiger partial charge is 0.256 e. The first kappa shape index (κ1) is 13.7. The Morgan fingerprint density at radius 1 is 1.11 bits per heavy atom. The molecule has 19 heavy (non-hydrogen) atoms.